The van der Waals surface area contributed by atoms with Crippen molar-refractivity contribution in [2.75, 3.05) is 31.5 Å². The first-order valence-electron chi connectivity index (χ1n) is 10.9. The first kappa shape index (κ1) is 24.0. The van der Waals surface area contributed by atoms with Gasteiger partial charge in [0.05, 0.1) is 52.4 Å². The van der Waals surface area contributed by atoms with Crippen molar-refractivity contribution in [1.82, 2.24) is 9.78 Å². The van der Waals surface area contributed by atoms with Gasteiger partial charge in [-0.25, -0.2) is 0 Å². The lowest BCUT2D eigenvalue weighted by Gasteiger charge is -2.22. The number of thiocarbonyl (C=S) groups is 1. The summed E-state index contributed by atoms with van der Waals surface area (Å²) < 4.78 is 19.4. The molecule has 0 unspecified atom stereocenters. The van der Waals surface area contributed by atoms with E-state index in [1.54, 1.807) is 6.07 Å². The fourth-order valence-corrected chi connectivity index (χ4v) is 5.62. The van der Waals surface area contributed by atoms with Crippen molar-refractivity contribution in [3.05, 3.63) is 39.6 Å². The molecule has 1 fully saturated rings. The van der Waals surface area contributed by atoms with Gasteiger partial charge in [-0.2, -0.15) is 5.10 Å². The molecule has 174 valence electrons. The van der Waals surface area contributed by atoms with Gasteiger partial charge in [0.1, 0.15) is 5.75 Å². The van der Waals surface area contributed by atoms with Gasteiger partial charge in [-0.1, -0.05) is 55.1 Å². The number of fused-ring (bicyclic) bond motifs is 1. The van der Waals surface area contributed by atoms with Crippen molar-refractivity contribution < 1.29 is 14.2 Å². The number of nitrogens with zero attached hydrogens (tertiary/aromatic N) is 3. The monoisotopic (exact) mass is 513 g/mol. The Morgan fingerprint density at radius 2 is 2.09 bits per heavy atom. The second kappa shape index (κ2) is 9.99. The average Bonchev–Trinajstić information content (AvgIpc) is 3.32. The predicted octanol–water partition coefficient (Wildman–Crippen LogP) is 5.73. The molecule has 10 heteroatoms. The number of benzene rings is 1. The van der Waals surface area contributed by atoms with E-state index in [4.69, 9.17) is 49.6 Å². The molecule has 2 aromatic rings. The second-order valence-electron chi connectivity index (χ2n) is 9.41. The molecule has 1 atom stereocenters. The molecule has 0 aliphatic carbocycles. The maximum absolute atomic E-state index is 6.67. The van der Waals surface area contributed by atoms with Crippen molar-refractivity contribution in [2.45, 2.75) is 51.2 Å². The van der Waals surface area contributed by atoms with Gasteiger partial charge in [-0.15, -0.1) is 0 Å². The molecule has 0 spiro atoms. The summed E-state index contributed by atoms with van der Waals surface area (Å²) in [5.41, 5.74) is 2.95. The van der Waals surface area contributed by atoms with Crippen LogP contribution in [0.4, 0.5) is 5.69 Å². The maximum atomic E-state index is 6.67. The Morgan fingerprint density at radius 3 is 2.88 bits per heavy atom. The van der Waals surface area contributed by atoms with Crippen LogP contribution in [-0.4, -0.2) is 49.4 Å². The molecule has 0 saturated carbocycles. The highest BCUT2D eigenvalue weighted by molar-refractivity contribution is 7.80. The minimum Gasteiger partial charge on any atom is -0.467 e. The van der Waals surface area contributed by atoms with Gasteiger partial charge in [0.15, 0.2) is 6.79 Å². The molecule has 0 amide bonds. The first-order chi connectivity index (χ1) is 15.2. The summed E-state index contributed by atoms with van der Waals surface area (Å²) >= 11 is 18.8. The SMILES string of the molecule is C[Si](C)(C)CCOCOc1ccc(Cl)c(Cl)c1[C@H]1CC(=S)N(c2cnn3c2COCC3)C1. The van der Waals surface area contributed by atoms with Crippen LogP contribution < -0.4 is 9.64 Å². The van der Waals surface area contributed by atoms with Crippen LogP contribution in [0, 0.1) is 0 Å². The molecule has 4 rings (SSSR count). The third-order valence-corrected chi connectivity index (χ3v) is 8.73. The van der Waals surface area contributed by atoms with Crippen LogP contribution >= 0.6 is 35.4 Å². The summed E-state index contributed by atoms with van der Waals surface area (Å²) in [6.45, 7) is 10.5. The molecule has 6 nitrogen and oxygen atoms in total. The molecule has 3 heterocycles. The summed E-state index contributed by atoms with van der Waals surface area (Å²) in [7, 11) is -1.14. The highest BCUT2D eigenvalue weighted by atomic mass is 35.5. The molecule has 1 aromatic heterocycles. The van der Waals surface area contributed by atoms with E-state index in [9.17, 15) is 0 Å². The molecule has 0 radical (unpaired) electrons. The van der Waals surface area contributed by atoms with Crippen LogP contribution in [0.5, 0.6) is 5.75 Å². The highest BCUT2D eigenvalue weighted by Crippen LogP contribution is 2.44. The number of rotatable bonds is 8. The van der Waals surface area contributed by atoms with Gasteiger partial charge in [-0.3, -0.25) is 4.68 Å². The Balaban J connectivity index is 1.50. The molecule has 2 aliphatic rings. The number of hydrogen-bond donors (Lipinski definition) is 0. The van der Waals surface area contributed by atoms with Gasteiger partial charge in [0.2, 0.25) is 0 Å². The Labute approximate surface area is 205 Å². The zero-order valence-electron chi connectivity index (χ0n) is 18.7. The maximum Gasteiger partial charge on any atom is 0.189 e. The fraction of sp³-hybridized carbons (Fsp3) is 0.545. The summed E-state index contributed by atoms with van der Waals surface area (Å²) in [6.07, 6.45) is 2.57. The number of ether oxygens (including phenoxy) is 3. The molecule has 0 bridgehead atoms. The van der Waals surface area contributed by atoms with Crippen molar-refractivity contribution in [2.24, 2.45) is 0 Å². The smallest absolute Gasteiger partial charge is 0.189 e. The van der Waals surface area contributed by atoms with Crippen LogP contribution in [0.2, 0.25) is 35.7 Å². The fourth-order valence-electron chi connectivity index (χ4n) is 4.02. The van der Waals surface area contributed by atoms with Crippen molar-refractivity contribution in [3.8, 4) is 5.75 Å². The van der Waals surface area contributed by atoms with E-state index in [-0.39, 0.29) is 12.7 Å². The van der Waals surface area contributed by atoms with E-state index < -0.39 is 8.07 Å². The summed E-state index contributed by atoms with van der Waals surface area (Å²) in [5.74, 6) is 0.758. The Morgan fingerprint density at radius 1 is 1.28 bits per heavy atom. The topological polar surface area (TPSA) is 48.8 Å². The molecule has 2 aliphatic heterocycles. The lowest BCUT2D eigenvalue weighted by molar-refractivity contribution is 0.0213. The normalized spacial score (nSPS) is 18.8. The molecule has 1 saturated heterocycles. The van der Waals surface area contributed by atoms with E-state index in [1.807, 2.05) is 16.9 Å². The standard InChI is InChI=1S/C22H29Cl2N3O3SSi/c1-32(2,3)9-8-29-14-30-19-5-4-16(23)22(24)21(19)15-10-20(31)26(12-15)17-11-25-27-6-7-28-13-18(17)27/h4-5,11,15H,6-10,12-14H2,1-3H3/t15-/m0/s1. The van der Waals surface area contributed by atoms with Crippen LogP contribution in [0.15, 0.2) is 18.3 Å². The number of halogens is 2. The third kappa shape index (κ3) is 5.32. The Bertz CT molecular complexity index is 996. The van der Waals surface area contributed by atoms with Gasteiger partial charge >= 0.3 is 0 Å². The first-order valence-corrected chi connectivity index (χ1v) is 15.7. The van der Waals surface area contributed by atoms with Gasteiger partial charge < -0.3 is 19.1 Å². The van der Waals surface area contributed by atoms with Crippen molar-refractivity contribution >= 4 is 54.2 Å². The van der Waals surface area contributed by atoms with Crippen molar-refractivity contribution in [3.63, 3.8) is 0 Å². The van der Waals surface area contributed by atoms with Gasteiger partial charge in [0, 0.05) is 39.1 Å². The lowest BCUT2D eigenvalue weighted by atomic mass is 9.97. The quantitative estimate of drug-likeness (QED) is 0.194. The van der Waals surface area contributed by atoms with E-state index in [1.165, 1.54) is 0 Å². The van der Waals surface area contributed by atoms with Crippen LogP contribution in [0.1, 0.15) is 23.6 Å². The van der Waals surface area contributed by atoms with Gasteiger partial charge in [0.25, 0.3) is 0 Å². The van der Waals surface area contributed by atoms with E-state index >= 15 is 0 Å². The predicted molar refractivity (Wildman–Crippen MR) is 135 cm³/mol. The van der Waals surface area contributed by atoms with Gasteiger partial charge in [-0.05, 0) is 18.2 Å². The molecular weight excluding hydrogens is 485 g/mol. The molecule has 0 N–H and O–H groups in total. The van der Waals surface area contributed by atoms with E-state index in [0.717, 1.165) is 34.5 Å². The summed E-state index contributed by atoms with van der Waals surface area (Å²) in [4.78, 5) is 2.99. The number of hydrogen-bond acceptors (Lipinski definition) is 5. The third-order valence-electron chi connectivity index (χ3n) is 5.82. The van der Waals surface area contributed by atoms with Crippen molar-refractivity contribution in [1.29, 1.82) is 0 Å². The minimum absolute atomic E-state index is 0.0609. The minimum atomic E-state index is -1.14. The highest BCUT2D eigenvalue weighted by Gasteiger charge is 2.35. The zero-order chi connectivity index (χ0) is 22.9. The van der Waals surface area contributed by atoms with E-state index in [0.29, 0.717) is 48.6 Å². The lowest BCUT2D eigenvalue weighted by Crippen LogP contribution is -2.26. The number of anilines is 1. The zero-order valence-corrected chi connectivity index (χ0v) is 22.0. The summed E-state index contributed by atoms with van der Waals surface area (Å²) in [6, 6.07) is 4.73. The molecule has 1 aromatic carbocycles. The van der Waals surface area contributed by atoms with Crippen LogP contribution in [0.3, 0.4) is 0 Å². The largest absolute Gasteiger partial charge is 0.467 e. The Hall–Kier alpha value is -1.16. The van der Waals surface area contributed by atoms with Crippen LogP contribution in [-0.2, 0) is 22.6 Å². The number of aromatic nitrogens is 2. The molecular formula is C22H29Cl2N3O3SSi. The average molecular weight is 515 g/mol. The second-order valence-corrected chi connectivity index (χ2v) is 16.3. The van der Waals surface area contributed by atoms with E-state index in [2.05, 4.69) is 29.6 Å². The summed E-state index contributed by atoms with van der Waals surface area (Å²) in [5, 5.41) is 5.53. The Kier molecular flexibility index (Phi) is 7.49. The van der Waals surface area contributed by atoms with Crippen LogP contribution in [0.25, 0.3) is 0 Å². The molecule has 32 heavy (non-hydrogen) atoms.